The summed E-state index contributed by atoms with van der Waals surface area (Å²) in [7, 11) is 7.83. The molecule has 1 aliphatic carbocycles. The first kappa shape index (κ1) is 23.9. The van der Waals surface area contributed by atoms with Crippen LogP contribution in [0, 0.1) is 5.41 Å². The highest BCUT2D eigenvalue weighted by Crippen LogP contribution is 2.37. The number of nitrogens with zero attached hydrogens (tertiary/aromatic N) is 4. The highest BCUT2D eigenvalue weighted by molar-refractivity contribution is 5.84. The molecule has 0 bridgehead atoms. The first-order chi connectivity index (χ1) is 13.9. The van der Waals surface area contributed by atoms with Gasteiger partial charge in [-0.15, -0.1) is 0 Å². The Morgan fingerprint density at radius 2 is 1.79 bits per heavy atom. The fourth-order valence-electron chi connectivity index (χ4n) is 4.25. The minimum atomic E-state index is 0.0169. The van der Waals surface area contributed by atoms with Crippen LogP contribution in [-0.2, 0) is 9.53 Å². The molecule has 2 rings (SSSR count). The lowest BCUT2D eigenvalue weighted by molar-refractivity contribution is -0.127. The molecular formula is C21H42N6O2. The number of nitrogens with one attached hydrogen (secondary N) is 2. The zero-order valence-electron chi connectivity index (χ0n) is 19.0. The van der Waals surface area contributed by atoms with Gasteiger partial charge in [0.25, 0.3) is 0 Å². The van der Waals surface area contributed by atoms with Gasteiger partial charge in [0.05, 0.1) is 13.2 Å². The second-order valence-electron chi connectivity index (χ2n) is 8.99. The average Bonchev–Trinajstić information content (AvgIpc) is 3.14. The predicted octanol–water partition coefficient (Wildman–Crippen LogP) is 0.454. The molecule has 1 aliphatic heterocycles. The molecule has 0 spiro atoms. The molecule has 2 N–H and O–H groups in total. The van der Waals surface area contributed by atoms with Crippen LogP contribution in [0.15, 0.2) is 4.99 Å². The van der Waals surface area contributed by atoms with Crippen LogP contribution in [0.5, 0.6) is 0 Å². The number of likely N-dealkylation sites (N-methyl/N-ethyl adjacent to an activating group) is 1. The van der Waals surface area contributed by atoms with Gasteiger partial charge >= 0.3 is 0 Å². The van der Waals surface area contributed by atoms with Crippen LogP contribution in [0.1, 0.15) is 32.1 Å². The van der Waals surface area contributed by atoms with Gasteiger partial charge in [-0.25, -0.2) is 4.99 Å². The Hall–Kier alpha value is -1.38. The standard InChI is InChI=1S/C21H42N6O2/c1-25(2)18-21(8-5-6-9-21)17-24-20(23-16-19(28)26(3)4)22-10-7-11-27-12-14-29-15-13-27/h5-18H2,1-4H3,(H2,22,23,24). The van der Waals surface area contributed by atoms with Crippen LogP contribution in [0.4, 0.5) is 0 Å². The van der Waals surface area contributed by atoms with Crippen molar-refractivity contribution in [2.24, 2.45) is 10.4 Å². The average molecular weight is 411 g/mol. The normalized spacial score (nSPS) is 20.1. The number of hydrogen-bond acceptors (Lipinski definition) is 5. The predicted molar refractivity (Wildman–Crippen MR) is 118 cm³/mol. The van der Waals surface area contributed by atoms with Crippen molar-refractivity contribution < 1.29 is 9.53 Å². The number of carbonyl (C=O) groups is 1. The van der Waals surface area contributed by atoms with Crippen molar-refractivity contribution in [1.82, 2.24) is 25.3 Å². The van der Waals surface area contributed by atoms with E-state index in [9.17, 15) is 4.79 Å². The van der Waals surface area contributed by atoms with Gasteiger partial charge in [0, 0.05) is 52.2 Å². The first-order valence-corrected chi connectivity index (χ1v) is 11.1. The molecule has 2 aliphatic rings. The molecule has 2 fully saturated rings. The SMILES string of the molecule is CN(C)CC1(CNC(=NCC(=O)N(C)C)NCCCN2CCOCC2)CCCC1. The zero-order chi connectivity index (χ0) is 21.1. The van der Waals surface area contributed by atoms with Crippen molar-refractivity contribution >= 4 is 11.9 Å². The zero-order valence-corrected chi connectivity index (χ0v) is 19.0. The second kappa shape index (κ2) is 12.3. The van der Waals surface area contributed by atoms with E-state index in [1.807, 2.05) is 0 Å². The Balaban J connectivity index is 1.86. The first-order valence-electron chi connectivity index (χ1n) is 11.1. The van der Waals surface area contributed by atoms with Crippen LogP contribution in [0.25, 0.3) is 0 Å². The van der Waals surface area contributed by atoms with Gasteiger partial charge in [0.1, 0.15) is 6.54 Å². The third-order valence-corrected chi connectivity index (χ3v) is 5.87. The van der Waals surface area contributed by atoms with E-state index < -0.39 is 0 Å². The van der Waals surface area contributed by atoms with E-state index in [-0.39, 0.29) is 12.5 Å². The summed E-state index contributed by atoms with van der Waals surface area (Å²) < 4.78 is 5.41. The monoisotopic (exact) mass is 410 g/mol. The maximum absolute atomic E-state index is 12.0. The van der Waals surface area contributed by atoms with Crippen molar-refractivity contribution in [3.63, 3.8) is 0 Å². The summed E-state index contributed by atoms with van der Waals surface area (Å²) in [5, 5.41) is 6.99. The summed E-state index contributed by atoms with van der Waals surface area (Å²) in [4.78, 5) is 22.9. The molecule has 0 unspecified atom stereocenters. The molecule has 0 atom stereocenters. The number of morpholine rings is 1. The quantitative estimate of drug-likeness (QED) is 0.310. The second-order valence-corrected chi connectivity index (χ2v) is 8.99. The molecule has 1 amide bonds. The summed E-state index contributed by atoms with van der Waals surface area (Å²) in [6.07, 6.45) is 6.14. The highest BCUT2D eigenvalue weighted by atomic mass is 16.5. The van der Waals surface area contributed by atoms with Gasteiger partial charge < -0.3 is 25.2 Å². The van der Waals surface area contributed by atoms with Crippen molar-refractivity contribution in [1.29, 1.82) is 0 Å². The number of rotatable bonds is 10. The van der Waals surface area contributed by atoms with E-state index in [4.69, 9.17) is 4.74 Å². The molecular weight excluding hydrogens is 368 g/mol. The van der Waals surface area contributed by atoms with E-state index in [1.165, 1.54) is 25.7 Å². The Bertz CT molecular complexity index is 511. The van der Waals surface area contributed by atoms with Gasteiger partial charge in [-0.3, -0.25) is 9.69 Å². The lowest BCUT2D eigenvalue weighted by Gasteiger charge is -2.33. The van der Waals surface area contributed by atoms with E-state index in [1.54, 1.807) is 19.0 Å². The molecule has 8 heteroatoms. The summed E-state index contributed by atoms with van der Waals surface area (Å²) >= 11 is 0. The van der Waals surface area contributed by atoms with E-state index in [0.29, 0.717) is 5.41 Å². The summed E-state index contributed by atoms with van der Waals surface area (Å²) in [5.74, 6) is 0.774. The van der Waals surface area contributed by atoms with Crippen LogP contribution < -0.4 is 10.6 Å². The lowest BCUT2D eigenvalue weighted by atomic mass is 9.85. The van der Waals surface area contributed by atoms with E-state index >= 15 is 0 Å². The number of amides is 1. The van der Waals surface area contributed by atoms with Crippen LogP contribution >= 0.6 is 0 Å². The lowest BCUT2D eigenvalue weighted by Crippen LogP contribution is -2.47. The number of carbonyl (C=O) groups excluding carboxylic acids is 1. The number of ether oxygens (including phenoxy) is 1. The fraction of sp³-hybridized carbons (Fsp3) is 0.905. The van der Waals surface area contributed by atoms with E-state index in [2.05, 4.69) is 39.5 Å². The Morgan fingerprint density at radius 3 is 2.41 bits per heavy atom. The van der Waals surface area contributed by atoms with Crippen molar-refractivity contribution in [3.05, 3.63) is 0 Å². The minimum absolute atomic E-state index is 0.0169. The smallest absolute Gasteiger partial charge is 0.243 e. The maximum Gasteiger partial charge on any atom is 0.243 e. The summed E-state index contributed by atoms with van der Waals surface area (Å²) in [6, 6.07) is 0. The molecule has 1 heterocycles. The number of guanidine groups is 1. The molecule has 8 nitrogen and oxygen atoms in total. The molecule has 1 saturated carbocycles. The molecule has 29 heavy (non-hydrogen) atoms. The molecule has 0 aromatic heterocycles. The molecule has 1 saturated heterocycles. The van der Waals surface area contributed by atoms with Gasteiger partial charge in [0.2, 0.25) is 5.91 Å². The minimum Gasteiger partial charge on any atom is -0.379 e. The number of hydrogen-bond donors (Lipinski definition) is 2. The van der Waals surface area contributed by atoms with Crippen molar-refractivity contribution in [2.45, 2.75) is 32.1 Å². The van der Waals surface area contributed by atoms with Crippen molar-refractivity contribution in [3.8, 4) is 0 Å². The van der Waals surface area contributed by atoms with Crippen molar-refractivity contribution in [2.75, 3.05) is 87.2 Å². The fourth-order valence-corrected chi connectivity index (χ4v) is 4.25. The summed E-state index contributed by atoms with van der Waals surface area (Å²) in [5.41, 5.74) is 0.297. The maximum atomic E-state index is 12.0. The topological polar surface area (TPSA) is 72.4 Å². The third-order valence-electron chi connectivity index (χ3n) is 5.87. The Labute approximate surface area is 177 Å². The van der Waals surface area contributed by atoms with Gasteiger partial charge in [-0.05, 0) is 39.9 Å². The van der Waals surface area contributed by atoms with Gasteiger partial charge in [0.15, 0.2) is 5.96 Å². The summed E-state index contributed by atoms with van der Waals surface area (Å²) in [6.45, 7) is 7.77. The molecule has 168 valence electrons. The van der Waals surface area contributed by atoms with Crippen LogP contribution in [0.3, 0.4) is 0 Å². The number of aliphatic imine (C=N–C) groups is 1. The van der Waals surface area contributed by atoms with Crippen LogP contribution in [-0.4, -0.2) is 114 Å². The molecule has 0 radical (unpaired) electrons. The Morgan fingerprint density at radius 1 is 1.10 bits per heavy atom. The van der Waals surface area contributed by atoms with E-state index in [0.717, 1.165) is 64.9 Å². The molecule has 0 aromatic rings. The third kappa shape index (κ3) is 8.88. The molecule has 0 aromatic carbocycles. The highest BCUT2D eigenvalue weighted by Gasteiger charge is 2.34. The van der Waals surface area contributed by atoms with Crippen LogP contribution in [0.2, 0.25) is 0 Å². The van der Waals surface area contributed by atoms with Gasteiger partial charge in [-0.2, -0.15) is 0 Å². The largest absolute Gasteiger partial charge is 0.379 e. The Kier molecular flexibility index (Phi) is 10.2. The van der Waals surface area contributed by atoms with Gasteiger partial charge in [-0.1, -0.05) is 12.8 Å².